The molecule has 3 aromatic rings. The van der Waals surface area contributed by atoms with Crippen LogP contribution in [0.2, 0.25) is 0 Å². The minimum atomic E-state index is -0.00705. The first kappa shape index (κ1) is 25.7. The molecule has 2 aliphatic heterocycles. The highest BCUT2D eigenvalue weighted by Gasteiger charge is 2.25. The van der Waals surface area contributed by atoms with Gasteiger partial charge in [0.1, 0.15) is 18.1 Å². The number of hydrogen-bond acceptors (Lipinski definition) is 5. The quantitative estimate of drug-likeness (QED) is 0.376. The lowest BCUT2D eigenvalue weighted by Gasteiger charge is -2.27. The largest absolute Gasteiger partial charge is 0.496 e. The fourth-order valence-corrected chi connectivity index (χ4v) is 6.43. The van der Waals surface area contributed by atoms with E-state index in [1.54, 1.807) is 7.11 Å². The van der Waals surface area contributed by atoms with Crippen LogP contribution in [0.15, 0.2) is 60.7 Å². The highest BCUT2D eigenvalue weighted by atomic mass is 32.2. The molecule has 194 valence electrons. The van der Waals surface area contributed by atoms with Gasteiger partial charge in [-0.05, 0) is 91.5 Å². The highest BCUT2D eigenvalue weighted by molar-refractivity contribution is 7.97. The Kier molecular flexibility index (Phi) is 8.37. The predicted octanol–water partition coefficient (Wildman–Crippen LogP) is 6.46. The maximum atomic E-state index is 14.0. The van der Waals surface area contributed by atoms with Gasteiger partial charge in [-0.25, -0.2) is 0 Å². The number of thioether (sulfide) groups is 1. The first-order valence-corrected chi connectivity index (χ1v) is 14.4. The summed E-state index contributed by atoms with van der Waals surface area (Å²) in [6, 6.07) is 20.1. The number of ether oxygens (including phenoxy) is 2. The lowest BCUT2D eigenvalue weighted by atomic mass is 10.0. The number of benzene rings is 3. The monoisotopic (exact) mass is 516 g/mol. The molecule has 0 unspecified atom stereocenters. The summed E-state index contributed by atoms with van der Waals surface area (Å²) in [6.45, 7) is 6.57. The second-order valence-electron chi connectivity index (χ2n) is 9.82. The van der Waals surface area contributed by atoms with E-state index in [1.165, 1.54) is 43.5 Å². The van der Waals surface area contributed by atoms with Gasteiger partial charge < -0.3 is 14.4 Å². The molecule has 1 fully saturated rings. The van der Waals surface area contributed by atoms with Crippen molar-refractivity contribution in [3.8, 4) is 11.5 Å². The summed E-state index contributed by atoms with van der Waals surface area (Å²) in [6.07, 6.45) is 3.91. The van der Waals surface area contributed by atoms with Crippen molar-refractivity contribution < 1.29 is 14.3 Å². The van der Waals surface area contributed by atoms with Crippen LogP contribution in [0.1, 0.15) is 51.9 Å². The van der Waals surface area contributed by atoms with Crippen molar-refractivity contribution in [1.82, 2.24) is 4.90 Å². The molecule has 2 heterocycles. The molecule has 1 saturated heterocycles. The topological polar surface area (TPSA) is 42.0 Å². The van der Waals surface area contributed by atoms with Gasteiger partial charge >= 0.3 is 0 Å². The van der Waals surface area contributed by atoms with Crippen molar-refractivity contribution in [1.29, 1.82) is 0 Å². The molecule has 5 rings (SSSR count). The summed E-state index contributed by atoms with van der Waals surface area (Å²) < 4.78 is 11.6. The van der Waals surface area contributed by atoms with E-state index >= 15 is 0 Å². The second kappa shape index (κ2) is 12.1. The number of carbonyl (C=O) groups is 1. The Bertz CT molecular complexity index is 1220. The molecule has 0 atom stereocenters. The molecule has 0 spiro atoms. The number of methoxy groups -OCH3 is 1. The average Bonchev–Trinajstić information content (AvgIpc) is 3.02. The second-order valence-corrected chi connectivity index (χ2v) is 10.8. The maximum absolute atomic E-state index is 14.0. The molecule has 2 aliphatic rings. The fraction of sp³-hybridized carbons (Fsp3) is 0.387. The van der Waals surface area contributed by atoms with Gasteiger partial charge in [-0.3, -0.25) is 9.69 Å². The van der Waals surface area contributed by atoms with Crippen molar-refractivity contribution in [3.05, 3.63) is 88.5 Å². The predicted molar refractivity (Wildman–Crippen MR) is 152 cm³/mol. The SMILES string of the molecule is COc1ccc2c(c1C)CSCc1ccccc1CN2C(=O)c1ccc(OCCN2CCCCC2)cc1. The average molecular weight is 517 g/mol. The van der Waals surface area contributed by atoms with Crippen LogP contribution in [0, 0.1) is 6.92 Å². The first-order valence-electron chi connectivity index (χ1n) is 13.2. The van der Waals surface area contributed by atoms with Crippen LogP contribution >= 0.6 is 11.8 Å². The number of amides is 1. The lowest BCUT2D eigenvalue weighted by molar-refractivity contribution is 0.0985. The summed E-state index contributed by atoms with van der Waals surface area (Å²) >= 11 is 1.88. The summed E-state index contributed by atoms with van der Waals surface area (Å²) in [5, 5.41) is 0. The van der Waals surface area contributed by atoms with Crippen LogP contribution in [-0.2, 0) is 18.1 Å². The van der Waals surface area contributed by atoms with Crippen molar-refractivity contribution in [3.63, 3.8) is 0 Å². The Hall–Kier alpha value is -2.96. The molecule has 0 N–H and O–H groups in total. The van der Waals surface area contributed by atoms with Crippen LogP contribution in [0.3, 0.4) is 0 Å². The molecule has 3 aromatic carbocycles. The lowest BCUT2D eigenvalue weighted by Crippen LogP contribution is -2.33. The number of piperidine rings is 1. The Morgan fingerprint density at radius 2 is 1.68 bits per heavy atom. The third kappa shape index (κ3) is 5.97. The molecular formula is C31H36N2O3S. The van der Waals surface area contributed by atoms with E-state index in [2.05, 4.69) is 36.1 Å². The number of anilines is 1. The Labute approximate surface area is 224 Å². The van der Waals surface area contributed by atoms with E-state index in [0.29, 0.717) is 18.7 Å². The highest BCUT2D eigenvalue weighted by Crippen LogP contribution is 2.37. The molecule has 1 amide bonds. The van der Waals surface area contributed by atoms with E-state index in [0.717, 1.165) is 46.4 Å². The normalized spacial score (nSPS) is 16.1. The molecule has 0 aromatic heterocycles. The molecule has 0 bridgehead atoms. The summed E-state index contributed by atoms with van der Waals surface area (Å²) in [4.78, 5) is 18.4. The fourth-order valence-electron chi connectivity index (χ4n) is 5.25. The van der Waals surface area contributed by atoms with Crippen molar-refractivity contribution in [2.45, 2.75) is 44.2 Å². The standard InChI is InChI=1S/C31H36N2O3S/c1-23-28-22-37-21-26-9-5-4-8-25(26)20-33(29(28)14-15-30(23)35-2)31(34)24-10-12-27(13-11-24)36-19-18-32-16-6-3-7-17-32/h4-5,8-15H,3,6-7,16-22H2,1-2H3. The van der Waals surface area contributed by atoms with Gasteiger partial charge in [0.05, 0.1) is 13.7 Å². The van der Waals surface area contributed by atoms with Crippen LogP contribution < -0.4 is 14.4 Å². The number of hydrogen-bond donors (Lipinski definition) is 0. The Morgan fingerprint density at radius 3 is 2.43 bits per heavy atom. The Morgan fingerprint density at radius 1 is 0.919 bits per heavy atom. The summed E-state index contributed by atoms with van der Waals surface area (Å²) in [5.74, 6) is 3.39. The minimum absolute atomic E-state index is 0.00705. The van der Waals surface area contributed by atoms with Crippen molar-refractivity contribution in [2.24, 2.45) is 0 Å². The molecule has 0 saturated carbocycles. The Balaban J connectivity index is 1.38. The third-order valence-electron chi connectivity index (χ3n) is 7.46. The van der Waals surface area contributed by atoms with Crippen LogP contribution in [0.5, 0.6) is 11.5 Å². The molecule has 6 heteroatoms. The molecule has 37 heavy (non-hydrogen) atoms. The maximum Gasteiger partial charge on any atom is 0.258 e. The summed E-state index contributed by atoms with van der Waals surface area (Å²) in [5.41, 5.74) is 6.32. The van der Waals surface area contributed by atoms with Gasteiger partial charge in [-0.2, -0.15) is 11.8 Å². The van der Waals surface area contributed by atoms with E-state index in [9.17, 15) is 4.79 Å². The zero-order valence-electron chi connectivity index (χ0n) is 21.9. The minimum Gasteiger partial charge on any atom is -0.496 e. The van der Waals surface area contributed by atoms with Gasteiger partial charge in [-0.15, -0.1) is 0 Å². The van der Waals surface area contributed by atoms with Gasteiger partial charge in [0.2, 0.25) is 0 Å². The van der Waals surface area contributed by atoms with E-state index in [1.807, 2.05) is 53.1 Å². The van der Waals surface area contributed by atoms with Crippen molar-refractivity contribution in [2.75, 3.05) is 38.3 Å². The number of likely N-dealkylation sites (tertiary alicyclic amines) is 1. The van der Waals surface area contributed by atoms with Gasteiger partial charge in [0.15, 0.2) is 0 Å². The van der Waals surface area contributed by atoms with Crippen molar-refractivity contribution >= 4 is 23.4 Å². The molecule has 5 nitrogen and oxygen atoms in total. The number of fused-ring (bicyclic) bond motifs is 2. The van der Waals surface area contributed by atoms with Gasteiger partial charge in [0.25, 0.3) is 5.91 Å². The zero-order valence-corrected chi connectivity index (χ0v) is 22.7. The van der Waals surface area contributed by atoms with E-state index < -0.39 is 0 Å². The van der Waals surface area contributed by atoms with Crippen LogP contribution in [0.25, 0.3) is 0 Å². The molecular weight excluding hydrogens is 480 g/mol. The van der Waals surface area contributed by atoms with E-state index in [4.69, 9.17) is 9.47 Å². The van der Waals surface area contributed by atoms with Crippen LogP contribution in [0.4, 0.5) is 5.69 Å². The summed E-state index contributed by atoms with van der Waals surface area (Å²) in [7, 11) is 1.70. The first-order chi connectivity index (χ1) is 18.1. The molecule has 0 aliphatic carbocycles. The van der Waals surface area contributed by atoms with Crippen LogP contribution in [-0.4, -0.2) is 44.2 Å². The number of nitrogens with zero attached hydrogens (tertiary/aromatic N) is 2. The number of rotatable bonds is 6. The number of carbonyl (C=O) groups excluding carboxylic acids is 1. The third-order valence-corrected chi connectivity index (χ3v) is 8.46. The van der Waals surface area contributed by atoms with Gasteiger partial charge in [0, 0.05) is 29.3 Å². The zero-order chi connectivity index (χ0) is 25.6. The molecule has 0 radical (unpaired) electrons. The van der Waals surface area contributed by atoms with Gasteiger partial charge in [-0.1, -0.05) is 30.7 Å². The smallest absolute Gasteiger partial charge is 0.258 e. The van der Waals surface area contributed by atoms with E-state index in [-0.39, 0.29) is 5.91 Å².